The first-order valence-corrected chi connectivity index (χ1v) is 8.17. The molecule has 2 aromatic carbocycles. The van der Waals surface area contributed by atoms with Gasteiger partial charge in [0.05, 0.1) is 12.0 Å². The molecule has 0 unspecified atom stereocenters. The predicted octanol–water partition coefficient (Wildman–Crippen LogP) is 2.63. The highest BCUT2D eigenvalue weighted by Gasteiger charge is 2.16. The lowest BCUT2D eigenvalue weighted by Gasteiger charge is -2.11. The SMILES string of the molecule is COc1cc(C=O)ccc1OCS(=O)(=O)c1ccc(C)cc1. The minimum atomic E-state index is -3.56. The van der Waals surface area contributed by atoms with Crippen molar-refractivity contribution in [1.82, 2.24) is 0 Å². The Hall–Kier alpha value is -2.34. The number of sulfone groups is 1. The minimum absolute atomic E-state index is 0.196. The molecule has 0 atom stereocenters. The number of hydrogen-bond acceptors (Lipinski definition) is 5. The number of ether oxygens (including phenoxy) is 2. The maximum atomic E-state index is 12.2. The third-order valence-electron chi connectivity index (χ3n) is 3.07. The third-order valence-corrected chi connectivity index (χ3v) is 4.49. The summed E-state index contributed by atoms with van der Waals surface area (Å²) in [5.41, 5.74) is 1.40. The lowest BCUT2D eigenvalue weighted by atomic mass is 10.2. The van der Waals surface area contributed by atoms with Crippen LogP contribution >= 0.6 is 0 Å². The highest BCUT2D eigenvalue weighted by atomic mass is 32.2. The Bertz CT molecular complexity index is 764. The molecule has 5 nitrogen and oxygen atoms in total. The molecule has 0 N–H and O–H groups in total. The van der Waals surface area contributed by atoms with Crippen molar-refractivity contribution in [1.29, 1.82) is 0 Å². The molecule has 0 radical (unpaired) electrons. The molecule has 0 bridgehead atoms. The van der Waals surface area contributed by atoms with Gasteiger partial charge in [0.25, 0.3) is 0 Å². The van der Waals surface area contributed by atoms with Crippen molar-refractivity contribution >= 4 is 16.1 Å². The second-order valence-electron chi connectivity index (χ2n) is 4.72. The van der Waals surface area contributed by atoms with Crippen LogP contribution in [0.15, 0.2) is 47.4 Å². The van der Waals surface area contributed by atoms with Gasteiger partial charge in [-0.3, -0.25) is 4.79 Å². The molecule has 2 rings (SSSR count). The molecule has 0 spiro atoms. The fourth-order valence-corrected chi connectivity index (χ4v) is 2.80. The van der Waals surface area contributed by atoms with E-state index < -0.39 is 15.8 Å². The summed E-state index contributed by atoms with van der Waals surface area (Å²) in [5.74, 6) is 0.0693. The second-order valence-corrected chi connectivity index (χ2v) is 6.65. The average Bonchev–Trinajstić information content (AvgIpc) is 2.53. The summed E-state index contributed by atoms with van der Waals surface area (Å²) in [5, 5.41) is 0. The van der Waals surface area contributed by atoms with E-state index in [1.165, 1.54) is 25.3 Å². The summed E-state index contributed by atoms with van der Waals surface area (Å²) in [6, 6.07) is 11.1. The van der Waals surface area contributed by atoms with Crippen molar-refractivity contribution in [2.75, 3.05) is 13.0 Å². The van der Waals surface area contributed by atoms with Gasteiger partial charge in [0.1, 0.15) is 6.29 Å². The van der Waals surface area contributed by atoms with Crippen molar-refractivity contribution in [2.24, 2.45) is 0 Å². The van der Waals surface area contributed by atoms with E-state index in [1.54, 1.807) is 24.3 Å². The van der Waals surface area contributed by atoms with Gasteiger partial charge >= 0.3 is 0 Å². The van der Waals surface area contributed by atoms with Crippen LogP contribution in [0.2, 0.25) is 0 Å². The molecule has 2 aromatic rings. The number of carbonyl (C=O) groups is 1. The smallest absolute Gasteiger partial charge is 0.213 e. The molecular weight excluding hydrogens is 304 g/mol. The largest absolute Gasteiger partial charge is 0.493 e. The highest BCUT2D eigenvalue weighted by molar-refractivity contribution is 7.91. The van der Waals surface area contributed by atoms with Crippen LogP contribution in [0.25, 0.3) is 0 Å². The van der Waals surface area contributed by atoms with Gasteiger partial charge in [-0.2, -0.15) is 0 Å². The molecule has 6 heteroatoms. The van der Waals surface area contributed by atoms with Gasteiger partial charge in [0, 0.05) is 5.56 Å². The van der Waals surface area contributed by atoms with Crippen LogP contribution in [-0.4, -0.2) is 27.8 Å². The molecule has 0 amide bonds. The number of aryl methyl sites for hydroxylation is 1. The number of carbonyl (C=O) groups excluding carboxylic acids is 1. The number of aldehydes is 1. The summed E-state index contributed by atoms with van der Waals surface area (Å²) in [6.45, 7) is 1.88. The Kier molecular flexibility index (Phi) is 4.82. The third kappa shape index (κ3) is 3.65. The van der Waals surface area contributed by atoms with E-state index in [2.05, 4.69) is 0 Å². The average molecular weight is 320 g/mol. The summed E-state index contributed by atoms with van der Waals surface area (Å²) in [7, 11) is -2.14. The Labute approximate surface area is 129 Å². The highest BCUT2D eigenvalue weighted by Crippen LogP contribution is 2.28. The topological polar surface area (TPSA) is 69.7 Å². The molecule has 0 aliphatic heterocycles. The van der Waals surface area contributed by atoms with Crippen molar-refractivity contribution < 1.29 is 22.7 Å². The van der Waals surface area contributed by atoms with Gasteiger partial charge in [-0.05, 0) is 37.3 Å². The summed E-state index contributed by atoms with van der Waals surface area (Å²) in [4.78, 5) is 10.9. The number of rotatable bonds is 6. The fourth-order valence-electron chi connectivity index (χ4n) is 1.83. The number of methoxy groups -OCH3 is 1. The van der Waals surface area contributed by atoms with Crippen LogP contribution in [0.4, 0.5) is 0 Å². The first kappa shape index (κ1) is 16.0. The van der Waals surface area contributed by atoms with Crippen molar-refractivity contribution in [3.8, 4) is 11.5 Å². The standard InChI is InChI=1S/C16H16O5S/c1-12-3-6-14(7-4-12)22(18,19)11-21-15-8-5-13(10-17)9-16(15)20-2/h3-10H,11H2,1-2H3. The van der Waals surface area contributed by atoms with Gasteiger partial charge in [0.2, 0.25) is 9.84 Å². The van der Waals surface area contributed by atoms with E-state index in [4.69, 9.17) is 9.47 Å². The molecule has 0 saturated carbocycles. The molecule has 0 aliphatic rings. The summed E-state index contributed by atoms with van der Waals surface area (Å²) in [6.07, 6.45) is 0.676. The number of benzene rings is 2. The van der Waals surface area contributed by atoms with Crippen LogP contribution in [0.1, 0.15) is 15.9 Å². The predicted molar refractivity (Wildman–Crippen MR) is 82.2 cm³/mol. The molecule has 0 fully saturated rings. The maximum absolute atomic E-state index is 12.2. The van der Waals surface area contributed by atoms with Gasteiger partial charge in [-0.1, -0.05) is 17.7 Å². The van der Waals surface area contributed by atoms with Gasteiger partial charge in [0.15, 0.2) is 17.4 Å². The van der Waals surface area contributed by atoms with Crippen LogP contribution in [-0.2, 0) is 9.84 Å². The van der Waals surface area contributed by atoms with Crippen LogP contribution in [0, 0.1) is 6.92 Å². The molecule has 22 heavy (non-hydrogen) atoms. The molecule has 0 heterocycles. The van der Waals surface area contributed by atoms with E-state index in [0.29, 0.717) is 17.6 Å². The van der Waals surface area contributed by atoms with Crippen molar-refractivity contribution in [2.45, 2.75) is 11.8 Å². The molecular formula is C16H16O5S. The van der Waals surface area contributed by atoms with E-state index in [0.717, 1.165) is 5.56 Å². The van der Waals surface area contributed by atoms with Crippen molar-refractivity contribution in [3.05, 3.63) is 53.6 Å². The molecule has 116 valence electrons. The van der Waals surface area contributed by atoms with Crippen molar-refractivity contribution in [3.63, 3.8) is 0 Å². The Morgan fingerprint density at radius 3 is 2.32 bits per heavy atom. The monoisotopic (exact) mass is 320 g/mol. The lowest BCUT2D eigenvalue weighted by molar-refractivity contribution is 0.112. The Morgan fingerprint density at radius 2 is 1.73 bits per heavy atom. The van der Waals surface area contributed by atoms with Gasteiger partial charge < -0.3 is 9.47 Å². The molecule has 0 saturated heterocycles. The lowest BCUT2D eigenvalue weighted by Crippen LogP contribution is -2.13. The Balaban J connectivity index is 2.18. The first-order chi connectivity index (χ1) is 10.5. The Morgan fingerprint density at radius 1 is 1.05 bits per heavy atom. The zero-order valence-electron chi connectivity index (χ0n) is 12.3. The second kappa shape index (κ2) is 6.62. The molecule has 0 aromatic heterocycles. The number of hydrogen-bond donors (Lipinski definition) is 0. The summed E-state index contributed by atoms with van der Waals surface area (Å²) < 4.78 is 34.9. The zero-order chi connectivity index (χ0) is 16.2. The quantitative estimate of drug-likeness (QED) is 0.765. The van der Waals surface area contributed by atoms with Crippen LogP contribution in [0.5, 0.6) is 11.5 Å². The summed E-state index contributed by atoms with van der Waals surface area (Å²) >= 11 is 0. The fraction of sp³-hybridized carbons (Fsp3) is 0.188. The van der Waals surface area contributed by atoms with Crippen LogP contribution < -0.4 is 9.47 Å². The van der Waals surface area contributed by atoms with Gasteiger partial charge in [-0.15, -0.1) is 0 Å². The minimum Gasteiger partial charge on any atom is -0.493 e. The van der Waals surface area contributed by atoms with E-state index in [1.807, 2.05) is 6.92 Å². The van der Waals surface area contributed by atoms with Gasteiger partial charge in [-0.25, -0.2) is 8.42 Å². The van der Waals surface area contributed by atoms with E-state index in [-0.39, 0.29) is 10.6 Å². The molecule has 0 aliphatic carbocycles. The first-order valence-electron chi connectivity index (χ1n) is 6.52. The van der Waals surface area contributed by atoms with Crippen LogP contribution in [0.3, 0.4) is 0 Å². The zero-order valence-corrected chi connectivity index (χ0v) is 13.1. The van der Waals surface area contributed by atoms with E-state index in [9.17, 15) is 13.2 Å². The van der Waals surface area contributed by atoms with E-state index >= 15 is 0 Å². The normalized spacial score (nSPS) is 11.0. The maximum Gasteiger partial charge on any atom is 0.213 e.